The molecule has 0 saturated heterocycles. The fourth-order valence-corrected chi connectivity index (χ4v) is 3.96. The van der Waals surface area contributed by atoms with E-state index in [0.717, 1.165) is 24.1 Å². The highest BCUT2D eigenvalue weighted by atomic mass is 19.1. The second-order valence-electron chi connectivity index (χ2n) is 8.37. The Morgan fingerprint density at radius 2 is 1.91 bits per heavy atom. The van der Waals surface area contributed by atoms with Gasteiger partial charge in [0.15, 0.2) is 5.76 Å². The maximum absolute atomic E-state index is 13.5. The van der Waals surface area contributed by atoms with Crippen molar-refractivity contribution in [3.8, 4) is 17.0 Å². The van der Waals surface area contributed by atoms with Crippen LogP contribution in [0.2, 0.25) is 0 Å². The second-order valence-corrected chi connectivity index (χ2v) is 8.37. The molecule has 0 spiro atoms. The number of hydrogen-bond acceptors (Lipinski definition) is 5. The van der Waals surface area contributed by atoms with Gasteiger partial charge in [-0.15, -0.1) is 0 Å². The minimum atomic E-state index is -0.861. The Bertz CT molecular complexity index is 1390. The van der Waals surface area contributed by atoms with E-state index in [9.17, 15) is 14.0 Å². The first kappa shape index (κ1) is 21.1. The molecule has 0 amide bonds. The lowest BCUT2D eigenvalue weighted by molar-refractivity contribution is -0.137. The predicted octanol–water partition coefficient (Wildman–Crippen LogP) is 4.85. The topological polar surface area (TPSA) is 98.2 Å². The Morgan fingerprint density at radius 3 is 2.64 bits per heavy atom. The monoisotopic (exact) mass is 447 g/mol. The van der Waals surface area contributed by atoms with Gasteiger partial charge in [-0.3, -0.25) is 14.2 Å². The lowest BCUT2D eigenvalue weighted by atomic mass is 10.1. The third kappa shape index (κ3) is 4.41. The van der Waals surface area contributed by atoms with Gasteiger partial charge >= 0.3 is 5.97 Å². The van der Waals surface area contributed by atoms with E-state index >= 15 is 0 Å². The number of rotatable bonds is 8. The van der Waals surface area contributed by atoms with Gasteiger partial charge < -0.3 is 9.63 Å². The number of halogens is 1. The molecule has 0 atom stereocenters. The lowest BCUT2D eigenvalue weighted by Gasteiger charge is -2.14. The standard InChI is InChI=1S/C25H22FN3O4/c26-17-8-10-18(11-9-17)29-23(3-1-2-4-24(30)31)27-21-13-16(7-12-19(21)25(29)32)22-14-20(28-33-22)15-5-6-15/h7-15H,1-6H2,(H,30,31). The fraction of sp³-hybridized carbons (Fsp3) is 0.280. The Balaban J connectivity index is 1.57. The summed E-state index contributed by atoms with van der Waals surface area (Å²) in [5, 5.41) is 13.5. The minimum Gasteiger partial charge on any atom is -0.481 e. The highest BCUT2D eigenvalue weighted by Gasteiger charge is 2.27. The van der Waals surface area contributed by atoms with Crippen LogP contribution in [0.15, 0.2) is 57.8 Å². The number of aryl methyl sites for hydroxylation is 1. The summed E-state index contributed by atoms with van der Waals surface area (Å²) < 4.78 is 20.5. The predicted molar refractivity (Wildman–Crippen MR) is 120 cm³/mol. The molecular formula is C25H22FN3O4. The van der Waals surface area contributed by atoms with Crippen LogP contribution in [-0.2, 0) is 11.2 Å². The van der Waals surface area contributed by atoms with Crippen LogP contribution < -0.4 is 5.56 Å². The van der Waals surface area contributed by atoms with E-state index in [1.165, 1.54) is 28.8 Å². The first-order valence-corrected chi connectivity index (χ1v) is 11.0. The van der Waals surface area contributed by atoms with Gasteiger partial charge in [-0.05, 0) is 62.1 Å². The first-order chi connectivity index (χ1) is 16.0. The van der Waals surface area contributed by atoms with Gasteiger partial charge in [0.2, 0.25) is 0 Å². The van der Waals surface area contributed by atoms with E-state index in [4.69, 9.17) is 14.6 Å². The third-order valence-corrected chi connectivity index (χ3v) is 5.87. The number of carboxylic acids is 1. The van der Waals surface area contributed by atoms with Crippen LogP contribution in [0.5, 0.6) is 0 Å². The summed E-state index contributed by atoms with van der Waals surface area (Å²) in [7, 11) is 0. The number of aliphatic carboxylic acids is 1. The molecule has 2 aromatic heterocycles. The molecule has 5 rings (SSSR count). The largest absolute Gasteiger partial charge is 0.481 e. The zero-order valence-electron chi connectivity index (χ0n) is 17.8. The van der Waals surface area contributed by atoms with Crippen LogP contribution in [0.3, 0.4) is 0 Å². The number of nitrogens with zero attached hydrogens (tertiary/aromatic N) is 3. The van der Waals surface area contributed by atoms with E-state index in [1.54, 1.807) is 6.07 Å². The highest BCUT2D eigenvalue weighted by Crippen LogP contribution is 2.40. The summed E-state index contributed by atoms with van der Waals surface area (Å²) in [5.41, 5.74) is 2.50. The van der Waals surface area contributed by atoms with Gasteiger partial charge in [0, 0.05) is 30.4 Å². The van der Waals surface area contributed by atoms with Gasteiger partial charge in [-0.1, -0.05) is 11.2 Å². The van der Waals surface area contributed by atoms with Gasteiger partial charge in [0.1, 0.15) is 11.6 Å². The molecule has 7 nitrogen and oxygen atoms in total. The van der Waals surface area contributed by atoms with E-state index in [1.807, 2.05) is 18.2 Å². The van der Waals surface area contributed by atoms with Crippen molar-refractivity contribution in [1.29, 1.82) is 0 Å². The Labute approximate surface area is 188 Å². The zero-order chi connectivity index (χ0) is 22.9. The van der Waals surface area contributed by atoms with Crippen molar-refractivity contribution in [1.82, 2.24) is 14.7 Å². The molecule has 4 aromatic rings. The SMILES string of the molecule is O=C(O)CCCCc1nc2cc(-c3cc(C4CC4)no3)ccc2c(=O)n1-c1ccc(F)cc1. The molecule has 1 N–H and O–H groups in total. The molecule has 2 aromatic carbocycles. The molecule has 1 saturated carbocycles. The van der Waals surface area contributed by atoms with E-state index < -0.39 is 11.8 Å². The number of fused-ring (bicyclic) bond motifs is 1. The number of hydrogen-bond donors (Lipinski definition) is 1. The summed E-state index contributed by atoms with van der Waals surface area (Å²) >= 11 is 0. The van der Waals surface area contributed by atoms with Crippen LogP contribution in [0.1, 0.15) is 49.5 Å². The normalized spacial score (nSPS) is 13.5. The maximum atomic E-state index is 13.5. The Morgan fingerprint density at radius 1 is 1.12 bits per heavy atom. The first-order valence-electron chi connectivity index (χ1n) is 11.0. The molecule has 0 aliphatic heterocycles. The summed E-state index contributed by atoms with van der Waals surface area (Å²) in [4.78, 5) is 29.0. The molecule has 2 heterocycles. The number of unbranched alkanes of at least 4 members (excludes halogenated alkanes) is 1. The molecule has 0 bridgehead atoms. The van der Waals surface area contributed by atoms with Crippen molar-refractivity contribution in [3.05, 3.63) is 76.2 Å². The summed E-state index contributed by atoms with van der Waals surface area (Å²) in [5.74, 6) is 0.344. The molecule has 8 heteroatoms. The molecule has 1 aliphatic rings. The van der Waals surface area contributed by atoms with Gasteiger partial charge in [-0.25, -0.2) is 9.37 Å². The third-order valence-electron chi connectivity index (χ3n) is 5.87. The Hall–Kier alpha value is -3.81. The van der Waals surface area contributed by atoms with Crippen molar-refractivity contribution in [3.63, 3.8) is 0 Å². The molecule has 33 heavy (non-hydrogen) atoms. The summed E-state index contributed by atoms with van der Waals surface area (Å²) in [6.07, 6.45) is 3.73. The van der Waals surface area contributed by atoms with Crippen LogP contribution in [0.4, 0.5) is 4.39 Å². The van der Waals surface area contributed by atoms with Crippen LogP contribution >= 0.6 is 0 Å². The molecule has 1 fully saturated rings. The Kier molecular flexibility index (Phi) is 5.50. The van der Waals surface area contributed by atoms with Crippen molar-refractivity contribution < 1.29 is 18.8 Å². The maximum Gasteiger partial charge on any atom is 0.303 e. The highest BCUT2D eigenvalue weighted by molar-refractivity contribution is 5.83. The minimum absolute atomic E-state index is 0.0489. The van der Waals surface area contributed by atoms with Gasteiger partial charge in [0.05, 0.1) is 22.3 Å². The molecular weight excluding hydrogens is 425 g/mol. The number of benzene rings is 2. The zero-order valence-corrected chi connectivity index (χ0v) is 17.8. The molecule has 168 valence electrons. The van der Waals surface area contributed by atoms with Crippen molar-refractivity contribution in [2.24, 2.45) is 0 Å². The summed E-state index contributed by atoms with van der Waals surface area (Å²) in [6.45, 7) is 0. The summed E-state index contributed by atoms with van der Waals surface area (Å²) in [6, 6.07) is 12.9. The fourth-order valence-electron chi connectivity index (χ4n) is 3.96. The molecule has 1 aliphatic carbocycles. The smallest absolute Gasteiger partial charge is 0.303 e. The van der Waals surface area contributed by atoms with Crippen LogP contribution in [0.25, 0.3) is 27.9 Å². The van der Waals surface area contributed by atoms with Gasteiger partial charge in [-0.2, -0.15) is 0 Å². The van der Waals surface area contributed by atoms with E-state index in [-0.39, 0.29) is 12.0 Å². The number of carboxylic acid groups (broad SMARTS) is 1. The van der Waals surface area contributed by atoms with E-state index in [0.29, 0.717) is 53.4 Å². The number of carbonyl (C=O) groups is 1. The van der Waals surface area contributed by atoms with Crippen molar-refractivity contribution in [2.75, 3.05) is 0 Å². The second kappa shape index (κ2) is 8.61. The molecule has 0 unspecified atom stereocenters. The average molecular weight is 447 g/mol. The van der Waals surface area contributed by atoms with Gasteiger partial charge in [0.25, 0.3) is 5.56 Å². The van der Waals surface area contributed by atoms with Crippen molar-refractivity contribution >= 4 is 16.9 Å². The number of aromatic nitrogens is 3. The van der Waals surface area contributed by atoms with E-state index in [2.05, 4.69) is 5.16 Å². The quantitative estimate of drug-likeness (QED) is 0.388. The van der Waals surface area contributed by atoms with Crippen LogP contribution in [0, 0.1) is 5.82 Å². The lowest BCUT2D eigenvalue weighted by Crippen LogP contribution is -2.24. The molecule has 0 radical (unpaired) electrons. The average Bonchev–Trinajstić information content (AvgIpc) is 3.54. The van der Waals surface area contributed by atoms with Crippen molar-refractivity contribution in [2.45, 2.75) is 44.4 Å². The van der Waals surface area contributed by atoms with Crippen LogP contribution in [-0.4, -0.2) is 25.8 Å².